The Kier molecular flexibility index (Phi) is 5.16. The van der Waals surface area contributed by atoms with E-state index >= 15 is 0 Å². The third-order valence-corrected chi connectivity index (χ3v) is 5.06. The molecule has 1 aromatic heterocycles. The van der Waals surface area contributed by atoms with E-state index in [4.69, 9.17) is 9.47 Å². The molecule has 2 atom stereocenters. The number of fused-ring (bicyclic) bond motifs is 2. The molecule has 144 valence electrons. The van der Waals surface area contributed by atoms with Crippen molar-refractivity contribution in [3.05, 3.63) is 47.5 Å². The lowest BCUT2D eigenvalue weighted by atomic mass is 10.0. The van der Waals surface area contributed by atoms with Gasteiger partial charge in [-0.3, -0.25) is 4.79 Å². The number of carbonyl (C=O) groups is 1. The van der Waals surface area contributed by atoms with Crippen molar-refractivity contribution in [3.8, 4) is 5.75 Å². The van der Waals surface area contributed by atoms with Crippen molar-refractivity contribution in [3.63, 3.8) is 0 Å². The van der Waals surface area contributed by atoms with E-state index in [9.17, 15) is 4.79 Å². The number of imidazole rings is 1. The Hall–Kier alpha value is -2.34. The quantitative estimate of drug-likeness (QED) is 0.880. The van der Waals surface area contributed by atoms with E-state index in [-0.39, 0.29) is 18.1 Å². The molecule has 2 unspecified atom stereocenters. The number of hydrogen-bond acceptors (Lipinski definition) is 4. The predicted octanol–water partition coefficient (Wildman–Crippen LogP) is 2.60. The highest BCUT2D eigenvalue weighted by Crippen LogP contribution is 2.24. The smallest absolute Gasteiger partial charge is 0.271 e. The molecule has 0 saturated heterocycles. The summed E-state index contributed by atoms with van der Waals surface area (Å²) in [6, 6.07) is 7.93. The molecule has 2 aromatic rings. The van der Waals surface area contributed by atoms with E-state index in [1.54, 1.807) is 0 Å². The minimum Gasteiger partial charge on any atom is -0.491 e. The van der Waals surface area contributed by atoms with Crippen molar-refractivity contribution in [1.29, 1.82) is 0 Å². The summed E-state index contributed by atoms with van der Waals surface area (Å²) >= 11 is 0. The van der Waals surface area contributed by atoms with Gasteiger partial charge in [-0.15, -0.1) is 0 Å². The third kappa shape index (κ3) is 4.16. The number of aromatic nitrogens is 2. The largest absolute Gasteiger partial charge is 0.491 e. The molecule has 1 amide bonds. The fraction of sp³-hybridized carbons (Fsp3) is 0.524. The Labute approximate surface area is 159 Å². The molecule has 0 fully saturated rings. The predicted molar refractivity (Wildman–Crippen MR) is 102 cm³/mol. The van der Waals surface area contributed by atoms with Crippen LogP contribution in [0, 0.1) is 5.92 Å². The molecular formula is C21H27N3O3. The fourth-order valence-electron chi connectivity index (χ4n) is 3.67. The summed E-state index contributed by atoms with van der Waals surface area (Å²) in [5, 5.41) is 3.07. The standard InChI is InChI=1S/C21H27N3O3/c1-14(2)12-26-17-7-8-20-23-18(11-24(20)10-17)21(25)22-16-9-15-5-3-4-6-19(15)27-13-16/h3-6,11,14,16-17H,7-10,12-13H2,1-2H3,(H,22,25). The lowest BCUT2D eigenvalue weighted by molar-refractivity contribution is 0.0132. The lowest BCUT2D eigenvalue weighted by Crippen LogP contribution is -2.42. The highest BCUT2D eigenvalue weighted by molar-refractivity contribution is 5.92. The number of carbonyl (C=O) groups excluding carboxylic acids is 1. The SMILES string of the molecule is CC(C)COC1CCc2nc(C(=O)NC3COc4ccccc4C3)cn2C1. The topological polar surface area (TPSA) is 65.4 Å². The molecule has 0 saturated carbocycles. The maximum absolute atomic E-state index is 12.7. The maximum atomic E-state index is 12.7. The average molecular weight is 369 g/mol. The van der Waals surface area contributed by atoms with Gasteiger partial charge in [0, 0.05) is 19.2 Å². The number of benzene rings is 1. The van der Waals surface area contributed by atoms with Gasteiger partial charge in [-0.2, -0.15) is 0 Å². The van der Waals surface area contributed by atoms with Crippen LogP contribution in [0.3, 0.4) is 0 Å². The van der Waals surface area contributed by atoms with Crippen LogP contribution < -0.4 is 10.1 Å². The Morgan fingerprint density at radius 1 is 1.41 bits per heavy atom. The zero-order valence-electron chi connectivity index (χ0n) is 16.0. The van der Waals surface area contributed by atoms with Crippen LogP contribution in [0.15, 0.2) is 30.5 Å². The minimum absolute atomic E-state index is 0.0340. The van der Waals surface area contributed by atoms with E-state index in [1.807, 2.05) is 30.5 Å². The first-order valence-electron chi connectivity index (χ1n) is 9.77. The van der Waals surface area contributed by atoms with Crippen LogP contribution in [0.4, 0.5) is 0 Å². The van der Waals surface area contributed by atoms with E-state index in [0.29, 0.717) is 18.2 Å². The number of amides is 1. The van der Waals surface area contributed by atoms with Crippen molar-refractivity contribution in [1.82, 2.24) is 14.9 Å². The van der Waals surface area contributed by atoms with Gasteiger partial charge >= 0.3 is 0 Å². The fourth-order valence-corrected chi connectivity index (χ4v) is 3.67. The van der Waals surface area contributed by atoms with Crippen molar-refractivity contribution < 1.29 is 14.3 Å². The molecule has 0 spiro atoms. The van der Waals surface area contributed by atoms with Gasteiger partial charge in [0.25, 0.3) is 5.91 Å². The lowest BCUT2D eigenvalue weighted by Gasteiger charge is -2.25. The van der Waals surface area contributed by atoms with E-state index in [0.717, 1.165) is 49.6 Å². The Bertz CT molecular complexity index is 815. The molecule has 4 rings (SSSR count). The molecule has 1 N–H and O–H groups in total. The average Bonchev–Trinajstić information content (AvgIpc) is 3.10. The van der Waals surface area contributed by atoms with Gasteiger partial charge in [-0.1, -0.05) is 32.0 Å². The van der Waals surface area contributed by atoms with Crippen LogP contribution in [0.1, 0.15) is 42.1 Å². The zero-order valence-corrected chi connectivity index (χ0v) is 16.0. The van der Waals surface area contributed by atoms with E-state index in [2.05, 4.69) is 28.7 Å². The molecule has 0 radical (unpaired) electrons. The second kappa shape index (κ2) is 7.72. The zero-order chi connectivity index (χ0) is 18.8. The Balaban J connectivity index is 1.37. The molecular weight excluding hydrogens is 342 g/mol. The monoisotopic (exact) mass is 369 g/mol. The number of rotatable bonds is 5. The van der Waals surface area contributed by atoms with Gasteiger partial charge in [0.2, 0.25) is 0 Å². The van der Waals surface area contributed by atoms with Gasteiger partial charge in [0.15, 0.2) is 0 Å². The summed E-state index contributed by atoms with van der Waals surface area (Å²) in [5.74, 6) is 2.27. The minimum atomic E-state index is -0.135. The van der Waals surface area contributed by atoms with Crippen LogP contribution in [0.5, 0.6) is 5.75 Å². The summed E-state index contributed by atoms with van der Waals surface area (Å²) in [6.07, 6.45) is 4.63. The number of hydrogen-bond donors (Lipinski definition) is 1. The number of nitrogens with zero attached hydrogens (tertiary/aromatic N) is 2. The Morgan fingerprint density at radius 3 is 3.11 bits per heavy atom. The summed E-state index contributed by atoms with van der Waals surface area (Å²) in [5.41, 5.74) is 1.61. The maximum Gasteiger partial charge on any atom is 0.271 e. The second-order valence-electron chi connectivity index (χ2n) is 7.88. The van der Waals surface area contributed by atoms with Gasteiger partial charge in [-0.25, -0.2) is 4.98 Å². The van der Waals surface area contributed by atoms with Gasteiger partial charge < -0.3 is 19.4 Å². The first-order chi connectivity index (χ1) is 13.1. The molecule has 0 bridgehead atoms. The van der Waals surface area contributed by atoms with Crippen molar-refractivity contribution in [2.24, 2.45) is 5.92 Å². The number of para-hydroxylation sites is 1. The molecule has 0 aliphatic carbocycles. The highest BCUT2D eigenvalue weighted by Gasteiger charge is 2.25. The highest BCUT2D eigenvalue weighted by atomic mass is 16.5. The molecule has 6 heteroatoms. The number of nitrogens with one attached hydrogen (secondary N) is 1. The van der Waals surface area contributed by atoms with Crippen LogP contribution in [-0.4, -0.2) is 40.8 Å². The van der Waals surface area contributed by atoms with Crippen LogP contribution in [0.25, 0.3) is 0 Å². The van der Waals surface area contributed by atoms with Gasteiger partial charge in [-0.05, 0) is 30.4 Å². The van der Waals surface area contributed by atoms with Crippen molar-refractivity contribution >= 4 is 5.91 Å². The normalized spacial score (nSPS) is 21.3. The van der Waals surface area contributed by atoms with Crippen LogP contribution >= 0.6 is 0 Å². The molecule has 27 heavy (non-hydrogen) atoms. The van der Waals surface area contributed by atoms with Gasteiger partial charge in [0.1, 0.15) is 23.9 Å². The van der Waals surface area contributed by atoms with Crippen LogP contribution in [0.2, 0.25) is 0 Å². The van der Waals surface area contributed by atoms with Gasteiger partial charge in [0.05, 0.1) is 18.7 Å². The Morgan fingerprint density at radius 2 is 2.26 bits per heavy atom. The second-order valence-corrected chi connectivity index (χ2v) is 7.88. The summed E-state index contributed by atoms with van der Waals surface area (Å²) in [7, 11) is 0. The molecule has 1 aromatic carbocycles. The summed E-state index contributed by atoms with van der Waals surface area (Å²) in [6.45, 7) is 6.33. The van der Waals surface area contributed by atoms with Crippen molar-refractivity contribution in [2.45, 2.75) is 51.8 Å². The first-order valence-corrected chi connectivity index (χ1v) is 9.77. The van der Waals surface area contributed by atoms with Crippen LogP contribution in [-0.2, 0) is 24.1 Å². The first kappa shape index (κ1) is 18.0. The summed E-state index contributed by atoms with van der Waals surface area (Å²) < 4.78 is 13.8. The van der Waals surface area contributed by atoms with E-state index in [1.165, 1.54) is 0 Å². The molecule has 2 aliphatic heterocycles. The van der Waals surface area contributed by atoms with E-state index < -0.39 is 0 Å². The number of ether oxygens (including phenoxy) is 2. The summed E-state index contributed by atoms with van der Waals surface area (Å²) in [4.78, 5) is 17.2. The number of aryl methyl sites for hydroxylation is 1. The van der Waals surface area contributed by atoms with Crippen molar-refractivity contribution in [2.75, 3.05) is 13.2 Å². The molecule has 2 aliphatic rings. The molecule has 3 heterocycles. The molecule has 6 nitrogen and oxygen atoms in total. The third-order valence-electron chi connectivity index (χ3n) is 5.06.